The highest BCUT2D eigenvalue weighted by Gasteiger charge is 2.32. The van der Waals surface area contributed by atoms with E-state index >= 15 is 0 Å². The van der Waals surface area contributed by atoms with E-state index in [-0.39, 0.29) is 0 Å². The third kappa shape index (κ3) is 2.14. The Hall–Kier alpha value is 0.810. The van der Waals surface area contributed by atoms with Gasteiger partial charge in [0, 0.05) is 36.2 Å². The van der Waals surface area contributed by atoms with Crippen LogP contribution >= 0.6 is 28.8 Å². The van der Waals surface area contributed by atoms with Crippen LogP contribution in [0.2, 0.25) is 0 Å². The van der Waals surface area contributed by atoms with E-state index in [2.05, 4.69) is 0 Å². The second kappa shape index (κ2) is 4.16. The van der Waals surface area contributed by atoms with Gasteiger partial charge < -0.3 is 0 Å². The minimum atomic E-state index is -2.51. The van der Waals surface area contributed by atoms with Gasteiger partial charge in [-0.1, -0.05) is 0 Å². The Morgan fingerprint density at radius 2 is 1.64 bits per heavy atom. The molecule has 0 bridgehead atoms. The molecule has 66 valence electrons. The fourth-order valence-corrected chi connectivity index (χ4v) is 4.57. The van der Waals surface area contributed by atoms with Crippen molar-refractivity contribution in [1.29, 1.82) is 0 Å². The molecule has 1 rings (SSSR count). The maximum Gasteiger partial charge on any atom is 0.285 e. The predicted molar refractivity (Wildman–Crippen MR) is 52.0 cm³/mol. The highest BCUT2D eigenvalue weighted by molar-refractivity contribution is 8.88. The Kier molecular flexibility index (Phi) is 3.74. The van der Waals surface area contributed by atoms with Crippen LogP contribution in [-0.4, -0.2) is 17.8 Å². The van der Waals surface area contributed by atoms with Crippen molar-refractivity contribution < 1.29 is 4.57 Å². The van der Waals surface area contributed by atoms with E-state index in [1.807, 2.05) is 4.67 Å². The van der Waals surface area contributed by atoms with Crippen LogP contribution in [-0.2, 0) is 4.57 Å². The summed E-state index contributed by atoms with van der Waals surface area (Å²) in [4.78, 5) is 0. The zero-order chi connectivity index (χ0) is 8.32. The summed E-state index contributed by atoms with van der Waals surface area (Å²) < 4.78 is 13.6. The molecule has 1 fully saturated rings. The first-order valence-electron chi connectivity index (χ1n) is 3.35. The maximum absolute atomic E-state index is 11.8. The first-order chi connectivity index (χ1) is 5.23. The van der Waals surface area contributed by atoms with E-state index < -0.39 is 5.70 Å². The van der Waals surface area contributed by atoms with Crippen molar-refractivity contribution >= 4 is 28.8 Å². The molecule has 0 unspecified atom stereocenters. The Labute approximate surface area is 74.6 Å². The normalized spacial score (nSPS) is 20.9. The van der Waals surface area contributed by atoms with Crippen molar-refractivity contribution in [3.8, 4) is 0 Å². The summed E-state index contributed by atoms with van der Waals surface area (Å²) >= 11 is 1.78. The zero-order valence-corrected chi connectivity index (χ0v) is 8.63. The third-order valence-electron chi connectivity index (χ3n) is 1.70. The monoisotopic (exact) mass is 213 g/mol. The SMILES string of the molecule is NSP(=O)(SN)N1CCCC1. The first-order valence-corrected chi connectivity index (χ1v) is 7.98. The molecule has 11 heavy (non-hydrogen) atoms. The third-order valence-corrected chi connectivity index (χ3v) is 7.85. The van der Waals surface area contributed by atoms with Crippen LogP contribution in [0.3, 0.4) is 0 Å². The molecule has 0 atom stereocenters. The van der Waals surface area contributed by atoms with Gasteiger partial charge in [-0.3, -0.25) is 14.8 Å². The van der Waals surface area contributed by atoms with Crippen LogP contribution in [0.15, 0.2) is 0 Å². The van der Waals surface area contributed by atoms with Crippen molar-refractivity contribution in [2.45, 2.75) is 12.8 Å². The van der Waals surface area contributed by atoms with Gasteiger partial charge in [-0.15, -0.1) is 0 Å². The van der Waals surface area contributed by atoms with Gasteiger partial charge in [0.05, 0.1) is 0 Å². The minimum absolute atomic E-state index is 0.867. The van der Waals surface area contributed by atoms with Crippen molar-refractivity contribution in [3.05, 3.63) is 0 Å². The van der Waals surface area contributed by atoms with Crippen molar-refractivity contribution in [3.63, 3.8) is 0 Å². The quantitative estimate of drug-likeness (QED) is 0.545. The molecule has 4 nitrogen and oxygen atoms in total. The zero-order valence-electron chi connectivity index (χ0n) is 6.10. The second-order valence-electron chi connectivity index (χ2n) is 2.34. The molecule has 1 aliphatic heterocycles. The molecule has 1 heterocycles. The van der Waals surface area contributed by atoms with Gasteiger partial charge in [0.1, 0.15) is 0 Å². The molecule has 0 radical (unpaired) electrons. The molecular formula is C4H12N3OPS2. The molecular weight excluding hydrogens is 201 g/mol. The Morgan fingerprint density at radius 3 is 2.00 bits per heavy atom. The number of rotatable bonds is 3. The summed E-state index contributed by atoms with van der Waals surface area (Å²) in [6, 6.07) is 0. The van der Waals surface area contributed by atoms with E-state index in [1.165, 1.54) is 0 Å². The van der Waals surface area contributed by atoms with Crippen LogP contribution in [0.25, 0.3) is 0 Å². The van der Waals surface area contributed by atoms with Crippen LogP contribution in [0.5, 0.6) is 0 Å². The Balaban J connectivity index is 2.60. The lowest BCUT2D eigenvalue weighted by molar-refractivity contribution is 0.503. The highest BCUT2D eigenvalue weighted by atomic mass is 33.1. The Morgan fingerprint density at radius 1 is 1.18 bits per heavy atom. The fourth-order valence-electron chi connectivity index (χ4n) is 1.10. The molecule has 0 aromatic heterocycles. The number of hydrogen-bond acceptors (Lipinski definition) is 5. The van der Waals surface area contributed by atoms with E-state index in [0.717, 1.165) is 49.1 Å². The molecule has 1 aliphatic rings. The van der Waals surface area contributed by atoms with Gasteiger partial charge in [-0.25, -0.2) is 4.67 Å². The van der Waals surface area contributed by atoms with Gasteiger partial charge >= 0.3 is 0 Å². The minimum Gasteiger partial charge on any atom is -0.280 e. The van der Waals surface area contributed by atoms with E-state index in [4.69, 9.17) is 10.3 Å². The molecule has 4 N–H and O–H groups in total. The number of nitrogens with zero attached hydrogens (tertiary/aromatic N) is 1. The van der Waals surface area contributed by atoms with E-state index in [1.54, 1.807) is 0 Å². The van der Waals surface area contributed by atoms with Crippen LogP contribution in [0.1, 0.15) is 12.8 Å². The smallest absolute Gasteiger partial charge is 0.280 e. The van der Waals surface area contributed by atoms with Crippen molar-refractivity contribution in [1.82, 2.24) is 4.67 Å². The van der Waals surface area contributed by atoms with Gasteiger partial charge in [0.2, 0.25) is 0 Å². The molecule has 1 saturated heterocycles. The van der Waals surface area contributed by atoms with Gasteiger partial charge in [0.25, 0.3) is 5.70 Å². The fraction of sp³-hybridized carbons (Fsp3) is 1.00. The average molecular weight is 213 g/mol. The molecule has 0 aromatic rings. The average Bonchev–Trinajstić information content (AvgIpc) is 2.55. The first kappa shape index (κ1) is 9.89. The number of nitrogens with two attached hydrogens (primary N) is 2. The van der Waals surface area contributed by atoms with E-state index in [9.17, 15) is 4.57 Å². The molecule has 0 spiro atoms. The molecule has 0 amide bonds. The van der Waals surface area contributed by atoms with Crippen LogP contribution < -0.4 is 10.3 Å². The summed E-state index contributed by atoms with van der Waals surface area (Å²) in [5, 5.41) is 10.6. The lowest BCUT2D eigenvalue weighted by atomic mass is 10.4. The van der Waals surface area contributed by atoms with E-state index in [0.29, 0.717) is 0 Å². The Bertz CT molecular complexity index is 165. The van der Waals surface area contributed by atoms with Gasteiger partial charge in [-0.2, -0.15) is 0 Å². The summed E-state index contributed by atoms with van der Waals surface area (Å²) in [5.74, 6) is 0. The molecule has 0 saturated carbocycles. The maximum atomic E-state index is 11.8. The van der Waals surface area contributed by atoms with Gasteiger partial charge in [0.15, 0.2) is 0 Å². The van der Waals surface area contributed by atoms with Gasteiger partial charge in [-0.05, 0) is 12.8 Å². The summed E-state index contributed by atoms with van der Waals surface area (Å²) in [5.41, 5.74) is -2.51. The summed E-state index contributed by atoms with van der Waals surface area (Å²) in [7, 11) is 0. The highest BCUT2D eigenvalue weighted by Crippen LogP contribution is 2.67. The number of hydrogen-bond donors (Lipinski definition) is 2. The second-order valence-corrected chi connectivity index (χ2v) is 9.19. The predicted octanol–water partition coefficient (Wildman–Crippen LogP) is 1.40. The molecule has 0 aromatic carbocycles. The van der Waals surface area contributed by atoms with Crippen LogP contribution in [0, 0.1) is 0 Å². The van der Waals surface area contributed by atoms with Crippen LogP contribution in [0.4, 0.5) is 0 Å². The lowest BCUT2D eigenvalue weighted by Crippen LogP contribution is -2.14. The lowest BCUT2D eigenvalue weighted by Gasteiger charge is -2.21. The summed E-state index contributed by atoms with van der Waals surface area (Å²) in [6.07, 6.45) is 2.20. The van der Waals surface area contributed by atoms with Crippen molar-refractivity contribution in [2.75, 3.05) is 13.1 Å². The van der Waals surface area contributed by atoms with Crippen molar-refractivity contribution in [2.24, 2.45) is 10.3 Å². The molecule has 7 heteroatoms. The largest absolute Gasteiger partial charge is 0.285 e. The topological polar surface area (TPSA) is 72.3 Å². The standard InChI is InChI=1S/C4H12N3OPS2/c5-10-9(8,11-6)7-3-1-2-4-7/h1-6H2. The summed E-state index contributed by atoms with van der Waals surface area (Å²) in [6.45, 7) is 1.73. The molecule has 0 aliphatic carbocycles.